The highest BCUT2D eigenvalue weighted by molar-refractivity contribution is 5.68. The van der Waals surface area contributed by atoms with E-state index in [2.05, 4.69) is 43.9 Å². The molecule has 0 aliphatic heterocycles. The van der Waals surface area contributed by atoms with Crippen LogP contribution >= 0.6 is 0 Å². The molecule has 0 atom stereocenters. The average Bonchev–Trinajstić information content (AvgIpc) is 2.59. The van der Waals surface area contributed by atoms with E-state index in [1.54, 1.807) is 0 Å². The fourth-order valence-electron chi connectivity index (χ4n) is 3.48. The second-order valence-corrected chi connectivity index (χ2v) is 7.58. The van der Waals surface area contributed by atoms with E-state index in [0.29, 0.717) is 0 Å². The van der Waals surface area contributed by atoms with Crippen molar-refractivity contribution in [2.75, 3.05) is 23.7 Å². The average molecular weight is 347 g/mol. The van der Waals surface area contributed by atoms with Gasteiger partial charge in [-0.05, 0) is 37.5 Å². The summed E-state index contributed by atoms with van der Waals surface area (Å²) in [5.41, 5.74) is 9.76. The summed E-state index contributed by atoms with van der Waals surface area (Å²) in [5.74, 6) is 0. The Morgan fingerprint density at radius 3 is 1.68 bits per heavy atom. The number of nitrogen functional groups attached to an aromatic ring is 1. The number of unbranched alkanes of at least 4 members (excludes halogenated alkanes) is 10. The second-order valence-electron chi connectivity index (χ2n) is 7.58. The molecule has 2 heteroatoms. The maximum atomic E-state index is 6.32. The summed E-state index contributed by atoms with van der Waals surface area (Å²) in [6, 6.07) is 6.53. The van der Waals surface area contributed by atoms with Crippen LogP contribution in [0.15, 0.2) is 18.2 Å². The van der Waals surface area contributed by atoms with Crippen LogP contribution in [0.5, 0.6) is 0 Å². The molecule has 1 aromatic rings. The van der Waals surface area contributed by atoms with E-state index < -0.39 is 0 Å². The summed E-state index contributed by atoms with van der Waals surface area (Å²) in [5, 5.41) is 0. The molecule has 0 saturated heterocycles. The lowest BCUT2D eigenvalue weighted by atomic mass is 10.1. The summed E-state index contributed by atoms with van der Waals surface area (Å²) >= 11 is 0. The van der Waals surface area contributed by atoms with Gasteiger partial charge >= 0.3 is 0 Å². The summed E-state index contributed by atoms with van der Waals surface area (Å²) in [7, 11) is 0. The van der Waals surface area contributed by atoms with Gasteiger partial charge < -0.3 is 10.6 Å². The van der Waals surface area contributed by atoms with Crippen molar-refractivity contribution in [2.24, 2.45) is 0 Å². The predicted molar refractivity (Wildman–Crippen MR) is 115 cm³/mol. The van der Waals surface area contributed by atoms with E-state index in [0.717, 1.165) is 18.8 Å². The molecule has 0 fully saturated rings. The van der Waals surface area contributed by atoms with Crippen LogP contribution < -0.4 is 10.6 Å². The molecule has 25 heavy (non-hydrogen) atoms. The molecule has 0 saturated carbocycles. The van der Waals surface area contributed by atoms with E-state index in [1.807, 2.05) is 0 Å². The van der Waals surface area contributed by atoms with Crippen LogP contribution in [-0.2, 0) is 0 Å². The van der Waals surface area contributed by atoms with Crippen LogP contribution in [0.1, 0.15) is 96.5 Å². The minimum Gasteiger partial charge on any atom is -0.397 e. The largest absolute Gasteiger partial charge is 0.397 e. The highest BCUT2D eigenvalue weighted by Gasteiger charge is 2.09. The molecule has 0 radical (unpaired) electrons. The van der Waals surface area contributed by atoms with Crippen molar-refractivity contribution in [1.82, 2.24) is 0 Å². The lowest BCUT2D eigenvalue weighted by Gasteiger charge is -2.26. The Bertz CT molecular complexity index is 426. The Morgan fingerprint density at radius 1 is 0.720 bits per heavy atom. The number of nitrogens with two attached hydrogens (primary N) is 1. The van der Waals surface area contributed by atoms with Crippen molar-refractivity contribution in [3.05, 3.63) is 23.8 Å². The molecule has 1 aromatic carbocycles. The first-order chi connectivity index (χ1) is 12.2. The van der Waals surface area contributed by atoms with Gasteiger partial charge in [-0.1, -0.05) is 84.1 Å². The van der Waals surface area contributed by atoms with Gasteiger partial charge in [0.25, 0.3) is 0 Å². The molecule has 0 aromatic heterocycles. The molecule has 0 unspecified atom stereocenters. The van der Waals surface area contributed by atoms with Crippen molar-refractivity contribution < 1.29 is 0 Å². The van der Waals surface area contributed by atoms with Gasteiger partial charge in [-0.25, -0.2) is 0 Å². The van der Waals surface area contributed by atoms with Crippen LogP contribution in [0.3, 0.4) is 0 Å². The molecule has 0 aliphatic carbocycles. The van der Waals surface area contributed by atoms with Crippen molar-refractivity contribution >= 4 is 11.4 Å². The Balaban J connectivity index is 2.46. The molecule has 0 aliphatic rings. The molecule has 0 amide bonds. The lowest BCUT2D eigenvalue weighted by molar-refractivity contribution is 0.575. The fraction of sp³-hybridized carbons (Fsp3) is 0.739. The van der Waals surface area contributed by atoms with Gasteiger partial charge in [0, 0.05) is 13.1 Å². The molecular formula is C23H42N2. The van der Waals surface area contributed by atoms with Gasteiger partial charge in [-0.3, -0.25) is 0 Å². The Kier molecular flexibility index (Phi) is 12.3. The number of aryl methyl sites for hydroxylation is 1. The first-order valence-corrected chi connectivity index (χ1v) is 10.8. The molecule has 2 nitrogen and oxygen atoms in total. The van der Waals surface area contributed by atoms with Gasteiger partial charge in [0.15, 0.2) is 0 Å². The minimum absolute atomic E-state index is 0.942. The van der Waals surface area contributed by atoms with Crippen LogP contribution in [0.2, 0.25) is 0 Å². The van der Waals surface area contributed by atoms with Gasteiger partial charge in [-0.2, -0.15) is 0 Å². The van der Waals surface area contributed by atoms with E-state index in [-0.39, 0.29) is 0 Å². The molecular weight excluding hydrogens is 304 g/mol. The first-order valence-electron chi connectivity index (χ1n) is 10.8. The van der Waals surface area contributed by atoms with Crippen LogP contribution in [0.4, 0.5) is 11.4 Å². The third-order valence-electron chi connectivity index (χ3n) is 5.09. The fourth-order valence-corrected chi connectivity index (χ4v) is 3.48. The van der Waals surface area contributed by atoms with E-state index >= 15 is 0 Å². The number of hydrogen-bond donors (Lipinski definition) is 1. The van der Waals surface area contributed by atoms with Crippen molar-refractivity contribution in [3.63, 3.8) is 0 Å². The SMILES string of the molecule is CCCCCCCCN(CCCCCCCC)c1ccc(C)cc1N. The normalized spacial score (nSPS) is 11.0. The lowest BCUT2D eigenvalue weighted by Crippen LogP contribution is -2.26. The van der Waals surface area contributed by atoms with E-state index in [1.165, 1.54) is 88.3 Å². The Labute approximate surface area is 157 Å². The van der Waals surface area contributed by atoms with Gasteiger partial charge in [0.05, 0.1) is 11.4 Å². The van der Waals surface area contributed by atoms with Crippen molar-refractivity contribution in [3.8, 4) is 0 Å². The maximum absolute atomic E-state index is 6.32. The molecule has 0 spiro atoms. The number of rotatable bonds is 15. The number of nitrogens with zero attached hydrogens (tertiary/aromatic N) is 1. The van der Waals surface area contributed by atoms with Gasteiger partial charge in [0.2, 0.25) is 0 Å². The monoisotopic (exact) mass is 346 g/mol. The van der Waals surface area contributed by atoms with Crippen LogP contribution in [0, 0.1) is 6.92 Å². The van der Waals surface area contributed by atoms with Crippen LogP contribution in [-0.4, -0.2) is 13.1 Å². The maximum Gasteiger partial charge on any atom is 0.0600 e. The van der Waals surface area contributed by atoms with E-state index in [4.69, 9.17) is 5.73 Å². The quantitative estimate of drug-likeness (QED) is 0.271. The third-order valence-corrected chi connectivity index (χ3v) is 5.09. The number of benzene rings is 1. The molecule has 144 valence electrons. The number of hydrogen-bond acceptors (Lipinski definition) is 2. The Hall–Kier alpha value is -1.18. The smallest absolute Gasteiger partial charge is 0.0600 e. The zero-order valence-corrected chi connectivity index (χ0v) is 17.2. The highest BCUT2D eigenvalue weighted by atomic mass is 15.1. The van der Waals surface area contributed by atoms with Gasteiger partial charge in [0.1, 0.15) is 0 Å². The van der Waals surface area contributed by atoms with Crippen molar-refractivity contribution in [1.29, 1.82) is 0 Å². The zero-order chi connectivity index (χ0) is 18.3. The van der Waals surface area contributed by atoms with Crippen molar-refractivity contribution in [2.45, 2.75) is 97.8 Å². The topological polar surface area (TPSA) is 29.3 Å². The summed E-state index contributed by atoms with van der Waals surface area (Å²) < 4.78 is 0. The first kappa shape index (κ1) is 21.9. The van der Waals surface area contributed by atoms with Gasteiger partial charge in [-0.15, -0.1) is 0 Å². The minimum atomic E-state index is 0.942. The second kappa shape index (κ2) is 14.0. The highest BCUT2D eigenvalue weighted by Crippen LogP contribution is 2.25. The summed E-state index contributed by atoms with van der Waals surface area (Å²) in [6.07, 6.45) is 16.2. The van der Waals surface area contributed by atoms with Crippen LogP contribution in [0.25, 0.3) is 0 Å². The summed E-state index contributed by atoms with van der Waals surface area (Å²) in [4.78, 5) is 2.54. The molecule has 2 N–H and O–H groups in total. The third kappa shape index (κ3) is 9.77. The predicted octanol–water partition coefficient (Wildman–Crippen LogP) is 7.10. The summed E-state index contributed by atoms with van der Waals surface area (Å²) in [6.45, 7) is 8.97. The molecule has 0 heterocycles. The van der Waals surface area contributed by atoms with E-state index in [9.17, 15) is 0 Å². The zero-order valence-electron chi connectivity index (χ0n) is 17.2. The Morgan fingerprint density at radius 2 is 1.20 bits per heavy atom. The number of anilines is 2. The standard InChI is InChI=1S/C23H42N2/c1-4-6-8-10-12-14-18-25(19-15-13-11-9-7-5-2)23-17-16-21(3)20-22(23)24/h16-17,20H,4-15,18-19,24H2,1-3H3. The molecule has 1 rings (SSSR count). The molecule has 0 bridgehead atoms.